The van der Waals surface area contributed by atoms with Crippen molar-refractivity contribution in [3.63, 3.8) is 0 Å². The third-order valence-electron chi connectivity index (χ3n) is 5.53. The average molecular weight is 425 g/mol. The largest absolute Gasteiger partial charge is 0.497 e. The van der Waals surface area contributed by atoms with E-state index in [4.69, 9.17) is 14.0 Å². The van der Waals surface area contributed by atoms with Crippen molar-refractivity contribution in [3.05, 3.63) is 59.7 Å². The summed E-state index contributed by atoms with van der Waals surface area (Å²) in [5.41, 5.74) is 1.26. The molecule has 162 valence electrons. The number of amides is 1. The molecule has 1 aliphatic heterocycles. The SMILES string of the molecule is COc1cc(OC)cc(C(=O)N2CCC(Cc3nc(-c4ccc(F)cc4)no3)CC2)c1. The van der Waals surface area contributed by atoms with E-state index < -0.39 is 0 Å². The molecule has 1 fully saturated rings. The molecule has 2 aromatic carbocycles. The van der Waals surface area contributed by atoms with Crippen LogP contribution in [0.25, 0.3) is 11.4 Å². The zero-order chi connectivity index (χ0) is 21.8. The maximum atomic E-state index is 13.1. The van der Waals surface area contributed by atoms with Crippen molar-refractivity contribution >= 4 is 5.91 Å². The van der Waals surface area contributed by atoms with Crippen LogP contribution in [0.2, 0.25) is 0 Å². The van der Waals surface area contributed by atoms with Crippen molar-refractivity contribution < 1.29 is 23.2 Å². The molecular weight excluding hydrogens is 401 g/mol. The van der Waals surface area contributed by atoms with Gasteiger partial charge in [-0.1, -0.05) is 5.16 Å². The first kappa shape index (κ1) is 20.8. The fourth-order valence-corrected chi connectivity index (χ4v) is 3.75. The number of hydrogen-bond donors (Lipinski definition) is 0. The lowest BCUT2D eigenvalue weighted by Crippen LogP contribution is -2.39. The van der Waals surface area contributed by atoms with Gasteiger partial charge in [0.1, 0.15) is 17.3 Å². The maximum Gasteiger partial charge on any atom is 0.254 e. The van der Waals surface area contributed by atoms with E-state index in [0.717, 1.165) is 12.8 Å². The first-order valence-electron chi connectivity index (χ1n) is 10.2. The minimum Gasteiger partial charge on any atom is -0.497 e. The summed E-state index contributed by atoms with van der Waals surface area (Å²) in [7, 11) is 3.13. The molecule has 4 rings (SSSR count). The quantitative estimate of drug-likeness (QED) is 0.594. The molecule has 1 amide bonds. The summed E-state index contributed by atoms with van der Waals surface area (Å²) in [4.78, 5) is 19.2. The Morgan fingerprint density at radius 3 is 2.35 bits per heavy atom. The molecule has 3 aromatic rings. The number of halogens is 1. The Labute approximate surface area is 179 Å². The van der Waals surface area contributed by atoms with Gasteiger partial charge in [-0.05, 0) is 55.2 Å². The smallest absolute Gasteiger partial charge is 0.254 e. The fraction of sp³-hybridized carbons (Fsp3) is 0.348. The third-order valence-corrected chi connectivity index (χ3v) is 5.53. The summed E-state index contributed by atoms with van der Waals surface area (Å²) in [6, 6.07) is 11.2. The van der Waals surface area contributed by atoms with Gasteiger partial charge >= 0.3 is 0 Å². The minimum absolute atomic E-state index is 0.0352. The monoisotopic (exact) mass is 425 g/mol. The molecule has 7 nitrogen and oxygen atoms in total. The highest BCUT2D eigenvalue weighted by Crippen LogP contribution is 2.27. The number of piperidine rings is 1. The molecule has 8 heteroatoms. The Bertz CT molecular complexity index is 1020. The highest BCUT2D eigenvalue weighted by atomic mass is 19.1. The number of carbonyl (C=O) groups is 1. The summed E-state index contributed by atoms with van der Waals surface area (Å²) >= 11 is 0. The van der Waals surface area contributed by atoms with E-state index in [1.165, 1.54) is 12.1 Å². The highest BCUT2D eigenvalue weighted by Gasteiger charge is 2.26. The summed E-state index contributed by atoms with van der Waals surface area (Å²) in [6.45, 7) is 1.31. The second-order valence-electron chi connectivity index (χ2n) is 7.56. The summed E-state index contributed by atoms with van der Waals surface area (Å²) in [5, 5.41) is 4.00. The highest BCUT2D eigenvalue weighted by molar-refractivity contribution is 5.95. The number of methoxy groups -OCH3 is 2. The van der Waals surface area contributed by atoms with E-state index in [2.05, 4.69) is 10.1 Å². The Balaban J connectivity index is 1.35. The lowest BCUT2D eigenvalue weighted by molar-refractivity contribution is 0.0686. The Morgan fingerprint density at radius 2 is 1.74 bits per heavy atom. The molecule has 0 radical (unpaired) electrons. The van der Waals surface area contributed by atoms with Crippen molar-refractivity contribution in [2.24, 2.45) is 5.92 Å². The van der Waals surface area contributed by atoms with Gasteiger partial charge in [0.05, 0.1) is 14.2 Å². The number of carbonyl (C=O) groups excluding carboxylic acids is 1. The van der Waals surface area contributed by atoms with Gasteiger partial charge in [-0.15, -0.1) is 0 Å². The molecule has 0 unspecified atom stereocenters. The van der Waals surface area contributed by atoms with Crippen LogP contribution in [-0.4, -0.2) is 48.3 Å². The minimum atomic E-state index is -0.304. The standard InChI is InChI=1S/C23H24FN3O4/c1-29-19-12-17(13-20(14-19)30-2)23(28)27-9-7-15(8-10-27)11-21-25-22(26-31-21)16-3-5-18(24)6-4-16/h3-6,12-15H,7-11H2,1-2H3. The van der Waals surface area contributed by atoms with E-state index in [1.807, 2.05) is 4.90 Å². The predicted octanol–water partition coefficient (Wildman–Crippen LogP) is 3.99. The van der Waals surface area contributed by atoms with Gasteiger partial charge in [-0.25, -0.2) is 4.39 Å². The summed E-state index contributed by atoms with van der Waals surface area (Å²) in [6.07, 6.45) is 2.35. The number of likely N-dealkylation sites (tertiary alicyclic amines) is 1. The van der Waals surface area contributed by atoms with E-state index >= 15 is 0 Å². The average Bonchev–Trinajstić information content (AvgIpc) is 3.27. The molecule has 1 aliphatic rings. The van der Waals surface area contributed by atoms with Crippen LogP contribution in [0.5, 0.6) is 11.5 Å². The summed E-state index contributed by atoms with van der Waals surface area (Å²) < 4.78 is 29.0. The van der Waals surface area contributed by atoms with Crippen LogP contribution in [0, 0.1) is 11.7 Å². The molecule has 1 saturated heterocycles. The number of nitrogens with zero attached hydrogens (tertiary/aromatic N) is 3. The molecule has 0 N–H and O–H groups in total. The van der Waals surface area contributed by atoms with E-state index in [1.54, 1.807) is 44.6 Å². The lowest BCUT2D eigenvalue weighted by Gasteiger charge is -2.31. The second-order valence-corrected chi connectivity index (χ2v) is 7.56. The molecule has 31 heavy (non-hydrogen) atoms. The first-order valence-corrected chi connectivity index (χ1v) is 10.2. The molecule has 0 atom stereocenters. The first-order chi connectivity index (χ1) is 15.1. The van der Waals surface area contributed by atoms with Crippen molar-refractivity contribution in [2.75, 3.05) is 27.3 Å². The summed E-state index contributed by atoms with van der Waals surface area (Å²) in [5.74, 6) is 2.20. The van der Waals surface area contributed by atoms with Gasteiger partial charge in [0.25, 0.3) is 5.91 Å². The molecule has 0 spiro atoms. The topological polar surface area (TPSA) is 77.7 Å². The van der Waals surface area contributed by atoms with Gasteiger partial charge in [-0.3, -0.25) is 4.79 Å². The van der Waals surface area contributed by atoms with Crippen LogP contribution < -0.4 is 9.47 Å². The van der Waals surface area contributed by atoms with Crippen molar-refractivity contribution in [1.29, 1.82) is 0 Å². The van der Waals surface area contributed by atoms with E-state index in [9.17, 15) is 9.18 Å². The van der Waals surface area contributed by atoms with Gasteiger partial charge in [0.2, 0.25) is 11.7 Å². The van der Waals surface area contributed by atoms with E-state index in [-0.39, 0.29) is 11.7 Å². The number of rotatable bonds is 6. The van der Waals surface area contributed by atoms with E-state index in [0.29, 0.717) is 59.8 Å². The number of ether oxygens (including phenoxy) is 2. The van der Waals surface area contributed by atoms with Gasteiger partial charge in [0.15, 0.2) is 0 Å². The normalized spacial score (nSPS) is 14.5. The van der Waals surface area contributed by atoms with Crippen LogP contribution in [0.15, 0.2) is 47.0 Å². The molecule has 0 saturated carbocycles. The molecule has 1 aromatic heterocycles. The maximum absolute atomic E-state index is 13.1. The van der Waals surface area contributed by atoms with Crippen LogP contribution in [0.1, 0.15) is 29.1 Å². The lowest BCUT2D eigenvalue weighted by atomic mass is 9.93. The number of benzene rings is 2. The van der Waals surface area contributed by atoms with Crippen LogP contribution in [-0.2, 0) is 6.42 Å². The molecule has 0 aliphatic carbocycles. The second kappa shape index (κ2) is 9.16. The Kier molecular flexibility index (Phi) is 6.16. The third kappa shape index (κ3) is 4.84. The molecular formula is C23H24FN3O4. The molecule has 2 heterocycles. The van der Waals surface area contributed by atoms with Crippen LogP contribution in [0.3, 0.4) is 0 Å². The van der Waals surface area contributed by atoms with Gasteiger partial charge in [-0.2, -0.15) is 4.98 Å². The van der Waals surface area contributed by atoms with Gasteiger partial charge < -0.3 is 18.9 Å². The van der Waals surface area contributed by atoms with Gasteiger partial charge in [0, 0.05) is 36.7 Å². The Morgan fingerprint density at radius 1 is 1.10 bits per heavy atom. The van der Waals surface area contributed by atoms with Crippen molar-refractivity contribution in [2.45, 2.75) is 19.3 Å². The van der Waals surface area contributed by atoms with Crippen LogP contribution in [0.4, 0.5) is 4.39 Å². The van der Waals surface area contributed by atoms with Crippen molar-refractivity contribution in [1.82, 2.24) is 15.0 Å². The van der Waals surface area contributed by atoms with Crippen LogP contribution >= 0.6 is 0 Å². The number of aromatic nitrogens is 2. The predicted molar refractivity (Wildman–Crippen MR) is 112 cm³/mol. The van der Waals surface area contributed by atoms with Crippen molar-refractivity contribution in [3.8, 4) is 22.9 Å². The zero-order valence-corrected chi connectivity index (χ0v) is 17.5. The number of hydrogen-bond acceptors (Lipinski definition) is 6. The molecule has 0 bridgehead atoms. The zero-order valence-electron chi connectivity index (χ0n) is 17.5. The fourth-order valence-electron chi connectivity index (χ4n) is 3.75. The Hall–Kier alpha value is -3.42.